The van der Waals surface area contributed by atoms with Crippen molar-refractivity contribution in [2.75, 3.05) is 25.0 Å². The van der Waals surface area contributed by atoms with Gasteiger partial charge in [-0.05, 0) is 61.4 Å². The lowest BCUT2D eigenvalue weighted by Crippen LogP contribution is -2.44. The molecule has 2 amide bonds. The number of aryl methyl sites for hydroxylation is 1. The molecule has 2 aliphatic rings. The summed E-state index contributed by atoms with van der Waals surface area (Å²) in [6, 6.07) is 12.2. The minimum Gasteiger partial charge on any atom is -0.343 e. The highest BCUT2D eigenvalue weighted by Gasteiger charge is 2.39. The second-order valence-corrected chi connectivity index (χ2v) is 10.8. The number of likely N-dealkylation sites (tertiary alicyclic amines) is 1. The number of carbonyl (C=O) groups is 2. The van der Waals surface area contributed by atoms with E-state index in [-0.39, 0.29) is 35.4 Å². The van der Waals surface area contributed by atoms with Gasteiger partial charge in [-0.3, -0.25) is 9.59 Å². The molecule has 1 N–H and O–H groups in total. The van der Waals surface area contributed by atoms with Crippen LogP contribution in [0.25, 0.3) is 0 Å². The van der Waals surface area contributed by atoms with E-state index >= 15 is 0 Å². The number of sulfonamides is 1. The zero-order chi connectivity index (χ0) is 23.6. The molecule has 0 aliphatic carbocycles. The van der Waals surface area contributed by atoms with Crippen LogP contribution in [0.15, 0.2) is 47.4 Å². The third-order valence-corrected chi connectivity index (χ3v) is 8.42. The van der Waals surface area contributed by atoms with Crippen LogP contribution >= 0.6 is 0 Å². The summed E-state index contributed by atoms with van der Waals surface area (Å²) in [7, 11) is -3.98. The lowest BCUT2D eigenvalue weighted by Gasteiger charge is -2.38. The van der Waals surface area contributed by atoms with Gasteiger partial charge in [0.2, 0.25) is 21.8 Å². The summed E-state index contributed by atoms with van der Waals surface area (Å²) in [6.07, 6.45) is 3.77. The normalized spacial score (nSPS) is 19.1. The molecule has 1 fully saturated rings. The van der Waals surface area contributed by atoms with E-state index in [9.17, 15) is 18.0 Å². The van der Waals surface area contributed by atoms with Crippen molar-refractivity contribution in [1.82, 2.24) is 9.21 Å². The van der Waals surface area contributed by atoms with Crippen molar-refractivity contribution >= 4 is 27.5 Å². The van der Waals surface area contributed by atoms with Crippen molar-refractivity contribution in [3.8, 4) is 0 Å². The first-order chi connectivity index (χ1) is 15.8. The molecule has 33 heavy (non-hydrogen) atoms. The van der Waals surface area contributed by atoms with Gasteiger partial charge >= 0.3 is 0 Å². The van der Waals surface area contributed by atoms with Gasteiger partial charge in [0.1, 0.15) is 4.90 Å². The molecule has 4 rings (SSSR count). The molecule has 0 radical (unpaired) electrons. The summed E-state index contributed by atoms with van der Waals surface area (Å²) in [5.74, 6) is -0.348. The Kier molecular flexibility index (Phi) is 6.86. The lowest BCUT2D eigenvalue weighted by atomic mass is 9.92. The van der Waals surface area contributed by atoms with Crippen LogP contribution in [0, 0.1) is 6.92 Å². The molecule has 0 aromatic heterocycles. The molecule has 1 atom stereocenters. The van der Waals surface area contributed by atoms with Crippen LogP contribution in [0.3, 0.4) is 0 Å². The second-order valence-electron chi connectivity index (χ2n) is 8.91. The van der Waals surface area contributed by atoms with Crippen LogP contribution in [-0.4, -0.2) is 49.1 Å². The first-order valence-electron chi connectivity index (χ1n) is 11.5. The Labute approximate surface area is 195 Å². The zero-order valence-electron chi connectivity index (χ0n) is 19.2. The Hall–Kier alpha value is -2.71. The SMILES string of the molecule is CC(=O)Nc1ccc(C)cc1S(=O)(=O)N1CCc2ccccc2[C@@H]1CC(=O)N1CCCCC1. The standard InChI is InChI=1S/C25H31N3O4S/c1-18-10-11-22(26-19(2)29)24(16-18)33(31,32)28-15-12-20-8-4-5-9-21(20)23(28)17-25(30)27-13-6-3-7-14-27/h4-5,8-11,16,23H,3,6-7,12-15,17H2,1-2H3,(H,26,29)/t23-/m0/s1. The average molecular weight is 470 g/mol. The van der Waals surface area contributed by atoms with Gasteiger partial charge in [-0.25, -0.2) is 8.42 Å². The molecular formula is C25H31N3O4S. The summed E-state index contributed by atoms with van der Waals surface area (Å²) in [5.41, 5.74) is 2.99. The molecule has 0 unspecified atom stereocenters. The maximum absolute atomic E-state index is 14.0. The van der Waals surface area contributed by atoms with E-state index in [1.54, 1.807) is 18.2 Å². The van der Waals surface area contributed by atoms with Crippen molar-refractivity contribution < 1.29 is 18.0 Å². The van der Waals surface area contributed by atoms with Gasteiger partial charge in [0.25, 0.3) is 0 Å². The Bertz CT molecular complexity index is 1160. The van der Waals surface area contributed by atoms with Gasteiger partial charge in [-0.1, -0.05) is 30.3 Å². The van der Waals surface area contributed by atoms with E-state index in [4.69, 9.17) is 0 Å². The molecule has 2 heterocycles. The molecule has 0 spiro atoms. The Balaban J connectivity index is 1.74. The van der Waals surface area contributed by atoms with Gasteiger partial charge in [-0.15, -0.1) is 0 Å². The summed E-state index contributed by atoms with van der Waals surface area (Å²) in [5, 5.41) is 2.65. The van der Waals surface area contributed by atoms with Crippen LogP contribution < -0.4 is 5.32 Å². The van der Waals surface area contributed by atoms with E-state index in [0.29, 0.717) is 6.42 Å². The molecular weight excluding hydrogens is 438 g/mol. The molecule has 2 aromatic carbocycles. The van der Waals surface area contributed by atoms with Crippen LogP contribution in [0.5, 0.6) is 0 Å². The molecule has 0 bridgehead atoms. The number of nitrogens with zero attached hydrogens (tertiary/aromatic N) is 2. The molecule has 2 aliphatic heterocycles. The molecule has 0 saturated carbocycles. The fraction of sp³-hybridized carbons (Fsp3) is 0.440. The largest absolute Gasteiger partial charge is 0.343 e. The molecule has 7 nitrogen and oxygen atoms in total. The van der Waals surface area contributed by atoms with E-state index < -0.39 is 16.1 Å². The average Bonchev–Trinajstić information content (AvgIpc) is 2.80. The molecule has 8 heteroatoms. The maximum Gasteiger partial charge on any atom is 0.245 e. The first kappa shape index (κ1) is 23.4. The number of hydrogen-bond donors (Lipinski definition) is 1. The third kappa shape index (κ3) is 4.96. The molecule has 1 saturated heterocycles. The van der Waals surface area contributed by atoms with Crippen molar-refractivity contribution in [2.45, 2.75) is 56.9 Å². The van der Waals surface area contributed by atoms with Gasteiger partial charge < -0.3 is 10.2 Å². The van der Waals surface area contributed by atoms with Crippen LogP contribution in [0.1, 0.15) is 55.3 Å². The number of amides is 2. The topological polar surface area (TPSA) is 86.8 Å². The van der Waals surface area contributed by atoms with Crippen molar-refractivity contribution in [2.24, 2.45) is 0 Å². The number of benzene rings is 2. The Morgan fingerprint density at radius 3 is 2.48 bits per heavy atom. The Morgan fingerprint density at radius 1 is 1.03 bits per heavy atom. The van der Waals surface area contributed by atoms with Gasteiger partial charge in [-0.2, -0.15) is 4.31 Å². The highest BCUT2D eigenvalue weighted by molar-refractivity contribution is 7.89. The molecule has 176 valence electrons. The highest BCUT2D eigenvalue weighted by Crippen LogP contribution is 2.38. The minimum atomic E-state index is -3.98. The van der Waals surface area contributed by atoms with Crippen molar-refractivity contribution in [3.05, 3.63) is 59.2 Å². The number of fused-ring (bicyclic) bond motifs is 1. The first-order valence-corrected chi connectivity index (χ1v) is 13.0. The smallest absolute Gasteiger partial charge is 0.245 e. The second kappa shape index (κ2) is 9.65. The zero-order valence-corrected chi connectivity index (χ0v) is 20.0. The van der Waals surface area contributed by atoms with Gasteiger partial charge in [0.15, 0.2) is 0 Å². The predicted molar refractivity (Wildman–Crippen MR) is 127 cm³/mol. The van der Waals surface area contributed by atoms with Crippen LogP contribution in [0.4, 0.5) is 5.69 Å². The number of carbonyl (C=O) groups excluding carboxylic acids is 2. The van der Waals surface area contributed by atoms with Crippen molar-refractivity contribution in [3.63, 3.8) is 0 Å². The number of nitrogens with one attached hydrogen (secondary N) is 1. The van der Waals surface area contributed by atoms with E-state index in [1.807, 2.05) is 36.1 Å². The number of hydrogen-bond acceptors (Lipinski definition) is 4. The van der Waals surface area contributed by atoms with Crippen LogP contribution in [0.2, 0.25) is 0 Å². The summed E-state index contributed by atoms with van der Waals surface area (Å²) in [4.78, 5) is 26.9. The minimum absolute atomic E-state index is 0.0112. The summed E-state index contributed by atoms with van der Waals surface area (Å²) >= 11 is 0. The van der Waals surface area contributed by atoms with Gasteiger partial charge in [0.05, 0.1) is 11.7 Å². The number of anilines is 1. The fourth-order valence-electron chi connectivity index (χ4n) is 4.83. The van der Waals surface area contributed by atoms with Crippen LogP contribution in [-0.2, 0) is 26.0 Å². The third-order valence-electron chi connectivity index (χ3n) is 6.47. The summed E-state index contributed by atoms with van der Waals surface area (Å²) < 4.78 is 29.4. The van der Waals surface area contributed by atoms with E-state index in [1.165, 1.54) is 11.2 Å². The van der Waals surface area contributed by atoms with Gasteiger partial charge in [0, 0.05) is 33.0 Å². The van der Waals surface area contributed by atoms with E-state index in [2.05, 4.69) is 5.32 Å². The predicted octanol–water partition coefficient (Wildman–Crippen LogP) is 3.64. The number of piperidine rings is 1. The molecule has 2 aromatic rings. The monoisotopic (exact) mass is 469 g/mol. The Morgan fingerprint density at radius 2 is 1.76 bits per heavy atom. The lowest BCUT2D eigenvalue weighted by molar-refractivity contribution is -0.133. The summed E-state index contributed by atoms with van der Waals surface area (Å²) in [6.45, 7) is 4.91. The fourth-order valence-corrected chi connectivity index (χ4v) is 6.67. The number of rotatable bonds is 5. The highest BCUT2D eigenvalue weighted by atomic mass is 32.2. The maximum atomic E-state index is 14.0. The van der Waals surface area contributed by atoms with Crippen molar-refractivity contribution in [1.29, 1.82) is 0 Å². The quantitative estimate of drug-likeness (QED) is 0.724. The van der Waals surface area contributed by atoms with E-state index in [0.717, 1.165) is 49.0 Å².